The molecule has 16 aromatic rings. The van der Waals surface area contributed by atoms with Gasteiger partial charge in [-0.05, 0) is 188 Å². The molecule has 143 heavy (non-hydrogen) atoms. The average molecular weight is 2040 g/mol. The van der Waals surface area contributed by atoms with Crippen LogP contribution in [0.25, 0.3) is 45.0 Å². The first kappa shape index (κ1) is 99.3. The van der Waals surface area contributed by atoms with Crippen LogP contribution in [0, 0.1) is 44.3 Å². The van der Waals surface area contributed by atoms with Gasteiger partial charge in [0.15, 0.2) is 58.2 Å². The van der Waals surface area contributed by atoms with Crippen molar-refractivity contribution in [1.29, 1.82) is 0 Å². The summed E-state index contributed by atoms with van der Waals surface area (Å²) in [6.07, 6.45) is -0.806. The van der Waals surface area contributed by atoms with Gasteiger partial charge in [-0.15, -0.1) is 0 Å². The van der Waals surface area contributed by atoms with Crippen LogP contribution in [0.5, 0.6) is 0 Å². The lowest BCUT2D eigenvalue weighted by Gasteiger charge is -2.23. The molecule has 0 bridgehead atoms. The van der Waals surface area contributed by atoms with E-state index < -0.39 is 88.9 Å². The van der Waals surface area contributed by atoms with E-state index in [0.717, 1.165) is 107 Å². The lowest BCUT2D eigenvalue weighted by atomic mass is 9.90. The Morgan fingerprint density at radius 1 is 0.287 bits per heavy atom. The van der Waals surface area contributed by atoms with E-state index >= 15 is 0 Å². The number of nitrogens with one attached hydrogen (secondary N) is 4. The van der Waals surface area contributed by atoms with Gasteiger partial charge in [0.05, 0.1) is 91.2 Å². The van der Waals surface area contributed by atoms with E-state index in [-0.39, 0.29) is 85.7 Å². The molecule has 0 spiro atoms. The molecule has 4 amide bonds. The number of amides is 4. The summed E-state index contributed by atoms with van der Waals surface area (Å²) in [5.74, 6) is -14.6. The SMILES string of the molecule is O=C(Cc1c(F)c(F)c(F)c(F)c1F)Nc1nc2c(nc1C(O)c1ccccc1)-c1ccc(CO)cc1CC2.O=C(Cc1ccc(F)c(F)c1)Nc1nc2c(nc1C(O)c1ccccc1)-c1ccc(CO)cc1CC2.O=C(Cc1ccc(I)cc1)Nc1nc2c(nc1C(O)c1ccccc1)-c1ccc(CO)cc1CC2.O=C(Nc1nc2c(nc1C(O)c1ccccc1)-c1ccc(CO)cc1CC2)c1ccccc1. The van der Waals surface area contributed by atoms with Crippen molar-refractivity contribution in [3.8, 4) is 45.0 Å². The van der Waals surface area contributed by atoms with Crippen LogP contribution in [0.1, 0.15) is 164 Å². The maximum atomic E-state index is 14.2. The van der Waals surface area contributed by atoms with Gasteiger partial charge in [-0.2, -0.15) is 0 Å². The fourth-order valence-electron chi connectivity index (χ4n) is 17.4. The first-order valence-electron chi connectivity index (χ1n) is 45.7. The summed E-state index contributed by atoms with van der Waals surface area (Å²) < 4.78 is 97.0. The zero-order valence-corrected chi connectivity index (χ0v) is 78.3. The second-order valence-corrected chi connectivity index (χ2v) is 35.5. The number of aryl methyl sites for hydroxylation is 8. The van der Waals surface area contributed by atoms with Crippen LogP contribution in [0.15, 0.2) is 267 Å². The summed E-state index contributed by atoms with van der Waals surface area (Å²) in [6, 6.07) is 78.2. The van der Waals surface area contributed by atoms with Crippen molar-refractivity contribution in [2.24, 2.45) is 0 Å². The molecule has 12 N–H and O–H groups in total. The van der Waals surface area contributed by atoms with Crippen molar-refractivity contribution in [1.82, 2.24) is 39.9 Å². The Balaban J connectivity index is 0.000000131. The molecule has 32 heteroatoms. The third-order valence-corrected chi connectivity index (χ3v) is 25.5. The third-order valence-electron chi connectivity index (χ3n) is 24.7. The third kappa shape index (κ3) is 22.6. The largest absolute Gasteiger partial charge is 0.392 e. The molecule has 4 unspecified atom stereocenters. The summed E-state index contributed by atoms with van der Waals surface area (Å²) in [5.41, 5.74) is 19.4. The molecule has 4 aromatic heterocycles. The number of carbonyl (C=O) groups is 4. The molecule has 4 aliphatic carbocycles. The number of aromatic nitrogens is 8. The van der Waals surface area contributed by atoms with Gasteiger partial charge in [0, 0.05) is 37.0 Å². The number of hydrogen-bond acceptors (Lipinski definition) is 20. The van der Waals surface area contributed by atoms with Gasteiger partial charge in [0.25, 0.3) is 5.91 Å². The minimum atomic E-state index is -2.32. The number of aliphatic hydroxyl groups is 8. The smallest absolute Gasteiger partial charge is 0.256 e. The van der Waals surface area contributed by atoms with Crippen LogP contribution >= 0.6 is 22.6 Å². The van der Waals surface area contributed by atoms with Crippen LogP contribution < -0.4 is 21.3 Å². The Bertz CT molecular complexity index is 7460. The van der Waals surface area contributed by atoms with Crippen LogP contribution in [-0.4, -0.2) is 104 Å². The van der Waals surface area contributed by atoms with Crippen molar-refractivity contribution in [2.75, 3.05) is 21.3 Å². The summed E-state index contributed by atoms with van der Waals surface area (Å²) in [4.78, 5) is 89.2. The number of benzene rings is 12. The molecule has 20 rings (SSSR count). The van der Waals surface area contributed by atoms with E-state index in [2.05, 4.69) is 58.8 Å². The molecule has 0 saturated heterocycles. The Morgan fingerprint density at radius 3 is 0.867 bits per heavy atom. The molecule has 4 atom stereocenters. The van der Waals surface area contributed by atoms with Crippen LogP contribution in [0.3, 0.4) is 0 Å². The fraction of sp³-hybridized carbons (Fsp3) is 0.171. The van der Waals surface area contributed by atoms with Crippen molar-refractivity contribution in [2.45, 2.75) is 121 Å². The topological polar surface area (TPSA) is 381 Å². The highest BCUT2D eigenvalue weighted by molar-refractivity contribution is 14.1. The summed E-state index contributed by atoms with van der Waals surface area (Å²) in [7, 11) is 0. The normalized spacial score (nSPS) is 13.0. The Kier molecular flexibility index (Phi) is 31.1. The first-order chi connectivity index (χ1) is 69.3. The van der Waals surface area contributed by atoms with E-state index in [0.29, 0.717) is 123 Å². The maximum Gasteiger partial charge on any atom is 0.256 e. The predicted molar refractivity (Wildman–Crippen MR) is 528 cm³/mol. The summed E-state index contributed by atoms with van der Waals surface area (Å²) in [6.45, 7) is -0.242. The number of anilines is 4. The standard InChI is InChI=1S/C28H20F5N3O3.C28H23F2N3O3.C28H24IN3O3.C27H23N3O3/c29-20-17(21(30)23(32)24(33)22(20)31)11-19(38)35-28-26(27(39)14-4-2-1-3-5-14)36-25-16-8-6-13(12-37)10-15(16)7-9-18(25)34-28;29-21-10-7-16(13-22(21)30)14-24(35)32-28-26(27(36)18-4-2-1-3-5-18)33-25-20-9-6-17(15-34)12-19(20)8-11-23(25)31-28;29-21-10-6-17(7-11-21)15-24(34)31-28-26(27(35)19-4-2-1-3-5-19)32-25-22-12-8-18(16-33)14-20(22)9-13-23(25)30-28;31-16-17-11-13-21-20(15-17)12-14-22-23(21)29-24(25(32)18-7-3-1-4-8-18)26(28-22)30-27(33)19-9-5-2-6-10-19/h1-6,8,10,27,37,39H,7,9,11-12H2,(H,34,35,38);1-7,9-10,12-13,27,34,36H,8,11,14-15H2,(H,31,32,35);1-8,10-12,14,27,33,35H,9,13,15-16H2,(H,30,31,34);1-11,13,15,25,31-32H,12,14,16H2,(H,28,30,33). The highest BCUT2D eigenvalue weighted by Crippen LogP contribution is 2.43. The van der Waals surface area contributed by atoms with Gasteiger partial charge in [-0.3, -0.25) is 19.2 Å². The highest BCUT2D eigenvalue weighted by Gasteiger charge is 2.35. The number of aliphatic hydroxyl groups excluding tert-OH is 8. The average Bonchev–Trinajstić information content (AvgIpc) is 0.768. The number of fused-ring (bicyclic) bond motifs is 12. The van der Waals surface area contributed by atoms with E-state index in [1.165, 1.54) is 6.07 Å². The van der Waals surface area contributed by atoms with Crippen LogP contribution in [0.2, 0.25) is 0 Å². The number of nitrogens with zero attached hydrogens (tertiary/aromatic N) is 8. The molecular formula is C111H90F7IN12O12. The molecule has 4 heterocycles. The number of halogens is 8. The van der Waals surface area contributed by atoms with Crippen LogP contribution in [-0.2, 0) is 111 Å². The van der Waals surface area contributed by atoms with Gasteiger partial charge in [0.1, 0.15) is 47.2 Å². The van der Waals surface area contributed by atoms with E-state index in [4.69, 9.17) is 24.9 Å². The van der Waals surface area contributed by atoms with Crippen molar-refractivity contribution < 1.29 is 90.8 Å². The zero-order valence-electron chi connectivity index (χ0n) is 76.1. The fourth-order valence-corrected chi connectivity index (χ4v) is 17.8. The minimum absolute atomic E-state index is 0.0185. The van der Waals surface area contributed by atoms with Gasteiger partial charge in [-0.1, -0.05) is 231 Å². The molecule has 0 aliphatic heterocycles. The summed E-state index contributed by atoms with van der Waals surface area (Å²) >= 11 is 2.23. The zero-order chi connectivity index (χ0) is 100. The van der Waals surface area contributed by atoms with E-state index in [1.54, 1.807) is 91.0 Å². The van der Waals surface area contributed by atoms with Gasteiger partial charge in [0.2, 0.25) is 23.5 Å². The van der Waals surface area contributed by atoms with Crippen molar-refractivity contribution in [3.05, 3.63) is 446 Å². The quantitative estimate of drug-likeness (QED) is 0.0122. The molecule has 12 aromatic carbocycles. The first-order valence-corrected chi connectivity index (χ1v) is 46.8. The molecular weight excluding hydrogens is 1950 g/mol. The highest BCUT2D eigenvalue weighted by atomic mass is 127. The monoisotopic (exact) mass is 2040 g/mol. The molecule has 0 fully saturated rings. The van der Waals surface area contributed by atoms with Crippen molar-refractivity contribution in [3.63, 3.8) is 0 Å². The minimum Gasteiger partial charge on any atom is -0.392 e. The molecule has 0 radical (unpaired) electrons. The van der Waals surface area contributed by atoms with Crippen molar-refractivity contribution >= 4 is 69.5 Å². The lowest BCUT2D eigenvalue weighted by molar-refractivity contribution is -0.116. The second kappa shape index (κ2) is 44.7. The number of rotatable bonds is 23. The van der Waals surface area contributed by atoms with E-state index in [9.17, 15) is 90.8 Å². The molecule has 24 nitrogen and oxygen atoms in total. The number of hydrogen-bond donors (Lipinski definition) is 12. The summed E-state index contributed by atoms with van der Waals surface area (Å²) in [5, 5.41) is 93.6. The number of carbonyl (C=O) groups excluding carboxylic acids is 4. The van der Waals surface area contributed by atoms with Gasteiger partial charge in [-0.25, -0.2) is 70.6 Å². The second-order valence-electron chi connectivity index (χ2n) is 34.3. The Labute approximate surface area is 828 Å². The van der Waals surface area contributed by atoms with Crippen LogP contribution in [0.4, 0.5) is 54.0 Å². The molecule has 722 valence electrons. The predicted octanol–water partition coefficient (Wildman–Crippen LogP) is 17.6. The Morgan fingerprint density at radius 2 is 0.559 bits per heavy atom. The van der Waals surface area contributed by atoms with Gasteiger partial charge >= 0.3 is 0 Å². The Hall–Kier alpha value is -15.2. The van der Waals surface area contributed by atoms with E-state index in [1.807, 2.05) is 158 Å². The lowest BCUT2D eigenvalue weighted by Crippen LogP contribution is -2.22. The molecule has 0 saturated carbocycles. The molecule has 4 aliphatic rings. The van der Waals surface area contributed by atoms with Gasteiger partial charge < -0.3 is 62.1 Å². The maximum absolute atomic E-state index is 14.2.